The van der Waals surface area contributed by atoms with Crippen molar-refractivity contribution in [2.45, 2.75) is 30.6 Å². The minimum atomic E-state index is -3.82. The molecule has 2 N–H and O–H groups in total. The molecule has 110 valence electrons. The monoisotopic (exact) mass is 306 g/mol. The van der Waals surface area contributed by atoms with E-state index >= 15 is 0 Å². The van der Waals surface area contributed by atoms with Crippen LogP contribution in [0.25, 0.3) is 11.5 Å². The number of aromatic nitrogens is 3. The molecule has 1 aliphatic rings. The van der Waals surface area contributed by atoms with Gasteiger partial charge in [-0.2, -0.15) is 4.98 Å². The first-order chi connectivity index (χ1) is 9.84. The third-order valence-electron chi connectivity index (χ3n) is 3.50. The van der Waals surface area contributed by atoms with E-state index in [0.717, 1.165) is 12.8 Å². The molecule has 21 heavy (non-hydrogen) atoms. The van der Waals surface area contributed by atoms with Crippen LogP contribution in [-0.2, 0) is 10.0 Å². The SMILES string of the molecule is C=C1CC(c2noc(-c3cc(S(N)(=O)=O)cnc3C)n2)C1. The van der Waals surface area contributed by atoms with Crippen molar-refractivity contribution >= 4 is 10.0 Å². The third-order valence-corrected chi connectivity index (χ3v) is 4.38. The van der Waals surface area contributed by atoms with Gasteiger partial charge < -0.3 is 4.52 Å². The lowest BCUT2D eigenvalue weighted by atomic mass is 9.81. The van der Waals surface area contributed by atoms with Gasteiger partial charge in [0.05, 0.1) is 11.3 Å². The number of hydrogen-bond acceptors (Lipinski definition) is 6. The second kappa shape index (κ2) is 4.74. The first kappa shape index (κ1) is 13.9. The van der Waals surface area contributed by atoms with Gasteiger partial charge in [-0.3, -0.25) is 4.98 Å². The van der Waals surface area contributed by atoms with E-state index in [9.17, 15) is 8.42 Å². The van der Waals surface area contributed by atoms with Crippen LogP contribution in [0.15, 0.2) is 33.8 Å². The predicted molar refractivity (Wildman–Crippen MR) is 74.8 cm³/mol. The molecule has 1 fully saturated rings. The van der Waals surface area contributed by atoms with Gasteiger partial charge in [0.2, 0.25) is 10.0 Å². The lowest BCUT2D eigenvalue weighted by Gasteiger charge is -2.24. The Hall–Kier alpha value is -2.06. The third kappa shape index (κ3) is 2.59. The summed E-state index contributed by atoms with van der Waals surface area (Å²) >= 11 is 0. The molecular formula is C13H14N4O3S. The molecule has 0 aromatic carbocycles. The van der Waals surface area contributed by atoms with Crippen LogP contribution in [0.1, 0.15) is 30.3 Å². The predicted octanol–water partition coefficient (Wildman–Crippen LogP) is 1.52. The first-order valence-electron chi connectivity index (χ1n) is 6.34. The molecule has 0 amide bonds. The van der Waals surface area contributed by atoms with Gasteiger partial charge in [0.1, 0.15) is 4.90 Å². The highest BCUT2D eigenvalue weighted by Gasteiger charge is 2.28. The fourth-order valence-electron chi connectivity index (χ4n) is 2.22. The summed E-state index contributed by atoms with van der Waals surface area (Å²) in [4.78, 5) is 8.26. The van der Waals surface area contributed by atoms with Gasteiger partial charge in [0.25, 0.3) is 5.89 Å². The van der Waals surface area contributed by atoms with Crippen LogP contribution in [0, 0.1) is 6.92 Å². The van der Waals surface area contributed by atoms with Gasteiger partial charge in [-0.15, -0.1) is 0 Å². The molecule has 1 aliphatic carbocycles. The summed E-state index contributed by atoms with van der Waals surface area (Å²) < 4.78 is 28.0. The van der Waals surface area contributed by atoms with Crippen LogP contribution in [0.5, 0.6) is 0 Å². The van der Waals surface area contributed by atoms with Crippen LogP contribution in [0.4, 0.5) is 0 Å². The molecule has 0 atom stereocenters. The number of aryl methyl sites for hydroxylation is 1. The summed E-state index contributed by atoms with van der Waals surface area (Å²) in [5, 5.41) is 9.06. The molecule has 8 heteroatoms. The van der Waals surface area contributed by atoms with E-state index in [4.69, 9.17) is 9.66 Å². The lowest BCUT2D eigenvalue weighted by molar-refractivity contribution is 0.404. The Morgan fingerprint density at radius 3 is 2.76 bits per heavy atom. The van der Waals surface area contributed by atoms with Gasteiger partial charge >= 0.3 is 0 Å². The van der Waals surface area contributed by atoms with Crippen molar-refractivity contribution in [3.63, 3.8) is 0 Å². The smallest absolute Gasteiger partial charge is 0.259 e. The number of pyridine rings is 1. The average molecular weight is 306 g/mol. The molecule has 2 aromatic heterocycles. The zero-order chi connectivity index (χ0) is 15.2. The summed E-state index contributed by atoms with van der Waals surface area (Å²) in [7, 11) is -3.82. The first-order valence-corrected chi connectivity index (χ1v) is 7.89. The number of sulfonamides is 1. The van der Waals surface area contributed by atoms with Crippen molar-refractivity contribution < 1.29 is 12.9 Å². The van der Waals surface area contributed by atoms with E-state index in [1.807, 2.05) is 0 Å². The van der Waals surface area contributed by atoms with E-state index in [1.165, 1.54) is 17.8 Å². The fourth-order valence-corrected chi connectivity index (χ4v) is 2.70. The summed E-state index contributed by atoms with van der Waals surface area (Å²) in [5.74, 6) is 1.08. The fraction of sp³-hybridized carbons (Fsp3) is 0.308. The zero-order valence-electron chi connectivity index (χ0n) is 11.4. The van der Waals surface area contributed by atoms with E-state index in [2.05, 4.69) is 21.7 Å². The van der Waals surface area contributed by atoms with Gasteiger partial charge in [0, 0.05) is 12.1 Å². The van der Waals surface area contributed by atoms with Crippen molar-refractivity contribution in [1.82, 2.24) is 15.1 Å². The largest absolute Gasteiger partial charge is 0.334 e. The number of nitrogens with zero attached hydrogens (tertiary/aromatic N) is 3. The Morgan fingerprint density at radius 1 is 1.43 bits per heavy atom. The molecule has 0 saturated heterocycles. The van der Waals surface area contributed by atoms with Gasteiger partial charge in [0.15, 0.2) is 5.82 Å². The van der Waals surface area contributed by atoms with Crippen LogP contribution in [-0.4, -0.2) is 23.5 Å². The highest BCUT2D eigenvalue weighted by Crippen LogP contribution is 2.39. The molecule has 0 radical (unpaired) electrons. The Bertz CT molecular complexity index is 818. The molecule has 3 rings (SSSR count). The maximum Gasteiger partial charge on any atom is 0.259 e. The molecule has 0 spiro atoms. The average Bonchev–Trinajstić information content (AvgIpc) is 2.83. The van der Waals surface area contributed by atoms with Gasteiger partial charge in [-0.05, 0) is 25.8 Å². The van der Waals surface area contributed by atoms with Crippen molar-refractivity contribution in [2.24, 2.45) is 5.14 Å². The second-order valence-corrected chi connectivity index (χ2v) is 6.72. The van der Waals surface area contributed by atoms with Crippen LogP contribution in [0.3, 0.4) is 0 Å². The second-order valence-electron chi connectivity index (χ2n) is 5.16. The van der Waals surface area contributed by atoms with E-state index in [1.54, 1.807) is 6.92 Å². The Morgan fingerprint density at radius 2 is 2.14 bits per heavy atom. The molecule has 0 aliphatic heterocycles. The maximum atomic E-state index is 11.4. The van der Waals surface area contributed by atoms with Crippen LogP contribution < -0.4 is 5.14 Å². The van der Waals surface area contributed by atoms with Gasteiger partial charge in [-0.1, -0.05) is 17.3 Å². The summed E-state index contributed by atoms with van der Waals surface area (Å²) in [6.45, 7) is 5.61. The summed E-state index contributed by atoms with van der Waals surface area (Å²) in [6, 6.07) is 1.40. The number of hydrogen-bond donors (Lipinski definition) is 1. The maximum absolute atomic E-state index is 11.4. The number of nitrogens with two attached hydrogens (primary N) is 1. The minimum Gasteiger partial charge on any atom is -0.334 e. The molecule has 0 unspecified atom stereocenters. The highest BCUT2D eigenvalue weighted by atomic mass is 32.2. The van der Waals surface area contributed by atoms with Crippen molar-refractivity contribution in [2.75, 3.05) is 0 Å². The lowest BCUT2D eigenvalue weighted by Crippen LogP contribution is -2.13. The Balaban J connectivity index is 1.98. The van der Waals surface area contributed by atoms with Crippen molar-refractivity contribution in [3.05, 3.63) is 35.9 Å². The Kier molecular flexibility index (Phi) is 3.14. The molecular weight excluding hydrogens is 292 g/mol. The number of primary sulfonamides is 1. The van der Waals surface area contributed by atoms with Gasteiger partial charge in [-0.25, -0.2) is 13.6 Å². The zero-order valence-corrected chi connectivity index (χ0v) is 12.2. The molecule has 1 saturated carbocycles. The number of allylic oxidation sites excluding steroid dienone is 1. The summed E-state index contributed by atoms with van der Waals surface area (Å²) in [6.07, 6.45) is 2.92. The summed E-state index contributed by atoms with van der Waals surface area (Å²) in [5.41, 5.74) is 2.23. The van der Waals surface area contributed by atoms with Crippen molar-refractivity contribution in [3.8, 4) is 11.5 Å². The number of rotatable bonds is 3. The quantitative estimate of drug-likeness (QED) is 0.860. The van der Waals surface area contributed by atoms with E-state index in [-0.39, 0.29) is 16.7 Å². The van der Waals surface area contributed by atoms with Crippen molar-refractivity contribution in [1.29, 1.82) is 0 Å². The minimum absolute atomic E-state index is 0.0835. The van der Waals surface area contributed by atoms with Crippen LogP contribution >= 0.6 is 0 Å². The Labute approximate surface area is 121 Å². The molecule has 7 nitrogen and oxygen atoms in total. The normalized spacial score (nSPS) is 16.0. The van der Waals surface area contributed by atoms with E-state index < -0.39 is 10.0 Å². The standard InChI is InChI=1S/C13H14N4O3S/c1-7-3-9(4-7)12-16-13(20-17-12)11-5-10(21(14,18)19)6-15-8(11)2/h5-6,9H,1,3-4H2,2H3,(H2,14,18,19). The topological polar surface area (TPSA) is 112 Å². The molecule has 0 bridgehead atoms. The molecule has 2 aromatic rings. The highest BCUT2D eigenvalue weighted by molar-refractivity contribution is 7.89. The van der Waals surface area contributed by atoms with E-state index in [0.29, 0.717) is 17.1 Å². The molecule has 2 heterocycles. The van der Waals surface area contributed by atoms with Crippen LogP contribution in [0.2, 0.25) is 0 Å².